The third kappa shape index (κ3) is 2.09. The number of thioether (sulfide) groups is 1. The molecule has 0 saturated carbocycles. The molecular formula is C9H14N4S. The van der Waals surface area contributed by atoms with Gasteiger partial charge in [0.1, 0.15) is 18.0 Å². The first kappa shape index (κ1) is 9.58. The second-order valence-corrected chi connectivity index (χ2v) is 4.93. The standard InChI is InChI=1S/C9H14N4S/c1-6-7(2-3-14-6)13-9-4-8(10)11-5-12-9/h4-7H,2-3H2,1H3,(H3,10,11,12,13). The van der Waals surface area contributed by atoms with Crippen LogP contribution in [-0.2, 0) is 0 Å². The Kier molecular flexibility index (Phi) is 2.77. The predicted molar refractivity (Wildman–Crippen MR) is 60.4 cm³/mol. The highest BCUT2D eigenvalue weighted by Gasteiger charge is 2.23. The lowest BCUT2D eigenvalue weighted by atomic mass is 10.2. The first-order valence-corrected chi connectivity index (χ1v) is 5.76. The van der Waals surface area contributed by atoms with Crippen LogP contribution in [0.25, 0.3) is 0 Å². The van der Waals surface area contributed by atoms with E-state index in [1.54, 1.807) is 6.07 Å². The molecule has 2 rings (SSSR count). The topological polar surface area (TPSA) is 63.8 Å². The molecule has 0 aromatic carbocycles. The van der Waals surface area contributed by atoms with Gasteiger partial charge in [-0.1, -0.05) is 6.92 Å². The Morgan fingerprint density at radius 3 is 3.07 bits per heavy atom. The second-order valence-electron chi connectivity index (χ2n) is 3.44. The maximum Gasteiger partial charge on any atom is 0.131 e. The Labute approximate surface area is 87.7 Å². The number of rotatable bonds is 2. The van der Waals surface area contributed by atoms with E-state index in [0.29, 0.717) is 17.1 Å². The largest absolute Gasteiger partial charge is 0.384 e. The van der Waals surface area contributed by atoms with Crippen molar-refractivity contribution in [3.8, 4) is 0 Å². The summed E-state index contributed by atoms with van der Waals surface area (Å²) in [5.74, 6) is 2.57. The molecule has 76 valence electrons. The Balaban J connectivity index is 2.03. The van der Waals surface area contributed by atoms with Gasteiger partial charge in [-0.15, -0.1) is 0 Å². The summed E-state index contributed by atoms with van der Waals surface area (Å²) in [6.45, 7) is 2.24. The zero-order valence-corrected chi connectivity index (χ0v) is 8.92. The molecule has 3 N–H and O–H groups in total. The number of aromatic nitrogens is 2. The van der Waals surface area contributed by atoms with E-state index in [2.05, 4.69) is 22.2 Å². The highest BCUT2D eigenvalue weighted by molar-refractivity contribution is 8.00. The number of nitrogens with zero attached hydrogens (tertiary/aromatic N) is 2. The third-order valence-corrected chi connectivity index (χ3v) is 3.72. The van der Waals surface area contributed by atoms with Gasteiger partial charge in [0.25, 0.3) is 0 Å². The smallest absolute Gasteiger partial charge is 0.131 e. The molecule has 14 heavy (non-hydrogen) atoms. The Bertz CT molecular complexity index is 317. The molecule has 0 amide bonds. The predicted octanol–water partition coefficient (Wildman–Crippen LogP) is 1.36. The van der Waals surface area contributed by atoms with Crippen LogP contribution < -0.4 is 11.1 Å². The van der Waals surface area contributed by atoms with Gasteiger partial charge in [0.05, 0.1) is 0 Å². The summed E-state index contributed by atoms with van der Waals surface area (Å²) >= 11 is 1.99. The molecule has 1 aromatic rings. The average molecular weight is 210 g/mol. The summed E-state index contributed by atoms with van der Waals surface area (Å²) in [7, 11) is 0. The zero-order chi connectivity index (χ0) is 9.97. The molecule has 0 bridgehead atoms. The summed E-state index contributed by atoms with van der Waals surface area (Å²) in [5, 5.41) is 4.02. The first-order valence-electron chi connectivity index (χ1n) is 4.71. The van der Waals surface area contributed by atoms with Crippen molar-refractivity contribution < 1.29 is 0 Å². The van der Waals surface area contributed by atoms with Crippen LogP contribution in [0.5, 0.6) is 0 Å². The molecule has 2 heterocycles. The fraction of sp³-hybridized carbons (Fsp3) is 0.556. The van der Waals surface area contributed by atoms with E-state index in [-0.39, 0.29) is 0 Å². The number of anilines is 2. The second kappa shape index (κ2) is 4.04. The van der Waals surface area contributed by atoms with Gasteiger partial charge in [-0.25, -0.2) is 9.97 Å². The molecule has 1 fully saturated rings. The van der Waals surface area contributed by atoms with Gasteiger partial charge in [-0.05, 0) is 12.2 Å². The first-order chi connectivity index (χ1) is 6.75. The van der Waals surface area contributed by atoms with Crippen molar-refractivity contribution >= 4 is 23.4 Å². The van der Waals surface area contributed by atoms with Gasteiger partial charge in [0.2, 0.25) is 0 Å². The van der Waals surface area contributed by atoms with E-state index in [1.165, 1.54) is 18.5 Å². The summed E-state index contributed by atoms with van der Waals surface area (Å²) in [5.41, 5.74) is 5.57. The molecule has 1 aliphatic rings. The lowest BCUT2D eigenvalue weighted by Gasteiger charge is -2.16. The number of nitrogens with one attached hydrogen (secondary N) is 1. The van der Waals surface area contributed by atoms with E-state index in [0.717, 1.165) is 5.82 Å². The summed E-state index contributed by atoms with van der Waals surface area (Å²) in [4.78, 5) is 7.98. The third-order valence-electron chi connectivity index (χ3n) is 2.40. The van der Waals surface area contributed by atoms with Gasteiger partial charge in [-0.2, -0.15) is 11.8 Å². The van der Waals surface area contributed by atoms with Crippen LogP contribution in [0, 0.1) is 0 Å². The van der Waals surface area contributed by atoms with Crippen LogP contribution in [0.1, 0.15) is 13.3 Å². The molecule has 0 spiro atoms. The normalized spacial score (nSPS) is 26.4. The molecule has 5 heteroatoms. The molecule has 1 aliphatic heterocycles. The Morgan fingerprint density at radius 2 is 2.43 bits per heavy atom. The van der Waals surface area contributed by atoms with E-state index in [4.69, 9.17) is 5.73 Å². The highest BCUT2D eigenvalue weighted by Crippen LogP contribution is 2.28. The summed E-state index contributed by atoms with van der Waals surface area (Å²) in [6.07, 6.45) is 2.68. The van der Waals surface area contributed by atoms with Crippen molar-refractivity contribution in [2.24, 2.45) is 0 Å². The van der Waals surface area contributed by atoms with Crippen LogP contribution in [0.15, 0.2) is 12.4 Å². The van der Waals surface area contributed by atoms with Gasteiger partial charge in [-0.3, -0.25) is 0 Å². The quantitative estimate of drug-likeness (QED) is 0.771. The van der Waals surface area contributed by atoms with Crippen molar-refractivity contribution in [1.82, 2.24) is 9.97 Å². The fourth-order valence-electron chi connectivity index (χ4n) is 1.56. The van der Waals surface area contributed by atoms with Crippen LogP contribution in [0.4, 0.5) is 11.6 Å². The fourth-order valence-corrected chi connectivity index (χ4v) is 2.76. The number of nitrogen functional groups attached to an aromatic ring is 1. The molecule has 2 atom stereocenters. The molecule has 0 radical (unpaired) electrons. The zero-order valence-electron chi connectivity index (χ0n) is 8.10. The van der Waals surface area contributed by atoms with E-state index in [9.17, 15) is 0 Å². The van der Waals surface area contributed by atoms with Crippen LogP contribution in [0.3, 0.4) is 0 Å². The van der Waals surface area contributed by atoms with Crippen molar-refractivity contribution in [2.45, 2.75) is 24.6 Å². The van der Waals surface area contributed by atoms with E-state index < -0.39 is 0 Å². The lowest BCUT2D eigenvalue weighted by molar-refractivity contribution is 0.720. The minimum absolute atomic E-state index is 0.509. The highest BCUT2D eigenvalue weighted by atomic mass is 32.2. The monoisotopic (exact) mass is 210 g/mol. The number of hydrogen-bond donors (Lipinski definition) is 2. The van der Waals surface area contributed by atoms with Gasteiger partial charge >= 0.3 is 0 Å². The van der Waals surface area contributed by atoms with Crippen LogP contribution in [-0.4, -0.2) is 27.0 Å². The molecule has 0 aliphatic carbocycles. The van der Waals surface area contributed by atoms with Gasteiger partial charge < -0.3 is 11.1 Å². The Morgan fingerprint density at radius 1 is 1.57 bits per heavy atom. The Hall–Kier alpha value is -0.970. The average Bonchev–Trinajstić information content (AvgIpc) is 2.52. The number of nitrogens with two attached hydrogens (primary N) is 1. The van der Waals surface area contributed by atoms with Crippen molar-refractivity contribution in [2.75, 3.05) is 16.8 Å². The summed E-state index contributed by atoms with van der Waals surface area (Å²) in [6, 6.07) is 2.28. The molecule has 1 aromatic heterocycles. The minimum Gasteiger partial charge on any atom is -0.384 e. The van der Waals surface area contributed by atoms with E-state index >= 15 is 0 Å². The lowest BCUT2D eigenvalue weighted by Crippen LogP contribution is -2.25. The van der Waals surface area contributed by atoms with Crippen LogP contribution in [0.2, 0.25) is 0 Å². The molecular weight excluding hydrogens is 196 g/mol. The molecule has 1 saturated heterocycles. The van der Waals surface area contributed by atoms with Gasteiger partial charge in [0.15, 0.2) is 0 Å². The SMILES string of the molecule is CC1SCCC1Nc1cc(N)ncn1. The maximum atomic E-state index is 5.57. The summed E-state index contributed by atoms with van der Waals surface area (Å²) < 4.78 is 0. The van der Waals surface area contributed by atoms with Crippen molar-refractivity contribution in [3.05, 3.63) is 12.4 Å². The van der Waals surface area contributed by atoms with Crippen molar-refractivity contribution in [3.63, 3.8) is 0 Å². The van der Waals surface area contributed by atoms with E-state index in [1.807, 2.05) is 11.8 Å². The van der Waals surface area contributed by atoms with Crippen LogP contribution >= 0.6 is 11.8 Å². The molecule has 4 nitrogen and oxygen atoms in total. The van der Waals surface area contributed by atoms with Crippen molar-refractivity contribution in [1.29, 1.82) is 0 Å². The maximum absolute atomic E-state index is 5.57. The molecule has 2 unspecified atom stereocenters. The number of hydrogen-bond acceptors (Lipinski definition) is 5. The van der Waals surface area contributed by atoms with Gasteiger partial charge in [0, 0.05) is 17.4 Å². The minimum atomic E-state index is 0.509.